The Kier molecular flexibility index (Phi) is 7.14. The molecule has 0 amide bonds. The number of hydrogen-bond acceptors (Lipinski definition) is 4. The normalized spacial score (nSPS) is 11.9. The monoisotopic (exact) mass is 314 g/mol. The van der Waals surface area contributed by atoms with Crippen LogP contribution in [0.25, 0.3) is 0 Å². The lowest BCUT2D eigenvalue weighted by Gasteiger charge is -2.21. The first-order chi connectivity index (χ1) is 10.0. The minimum absolute atomic E-state index is 0.250. The van der Waals surface area contributed by atoms with Crippen molar-refractivity contribution in [3.63, 3.8) is 0 Å². The minimum Gasteiger partial charge on any atom is -0.494 e. The lowest BCUT2D eigenvalue weighted by molar-refractivity contribution is 0.336. The van der Waals surface area contributed by atoms with Crippen molar-refractivity contribution in [2.75, 3.05) is 19.7 Å². The first-order valence-electron chi connectivity index (χ1n) is 7.47. The maximum atomic E-state index is 12.7. The molecular weight excluding hydrogens is 288 g/mol. The van der Waals surface area contributed by atoms with Crippen LogP contribution >= 0.6 is 0 Å². The largest absolute Gasteiger partial charge is 0.494 e. The molecule has 0 aliphatic carbocycles. The van der Waals surface area contributed by atoms with Crippen molar-refractivity contribution in [1.82, 2.24) is 4.31 Å². The molecule has 0 aliphatic rings. The topological polar surface area (TPSA) is 72.6 Å². The van der Waals surface area contributed by atoms with Crippen LogP contribution < -0.4 is 10.5 Å². The summed E-state index contributed by atoms with van der Waals surface area (Å²) in [5.74, 6) is 0.649. The highest BCUT2D eigenvalue weighted by Gasteiger charge is 2.23. The summed E-state index contributed by atoms with van der Waals surface area (Å²) in [5.41, 5.74) is 6.41. The van der Waals surface area contributed by atoms with Gasteiger partial charge in [-0.05, 0) is 31.5 Å². The number of unbranched alkanes of at least 4 members (excludes halogenated alkanes) is 1. The predicted octanol–water partition coefficient (Wildman–Crippen LogP) is 2.35. The van der Waals surface area contributed by atoms with Crippen molar-refractivity contribution in [2.24, 2.45) is 5.73 Å². The molecule has 0 fully saturated rings. The van der Waals surface area contributed by atoms with Gasteiger partial charge in [-0.2, -0.15) is 4.31 Å². The molecule has 120 valence electrons. The van der Waals surface area contributed by atoms with Gasteiger partial charge in [0, 0.05) is 25.2 Å². The van der Waals surface area contributed by atoms with E-state index in [2.05, 4.69) is 0 Å². The van der Waals surface area contributed by atoms with Gasteiger partial charge in [0.1, 0.15) is 5.75 Å². The van der Waals surface area contributed by atoms with Crippen LogP contribution in [-0.2, 0) is 16.6 Å². The van der Waals surface area contributed by atoms with Gasteiger partial charge < -0.3 is 10.5 Å². The van der Waals surface area contributed by atoms with Crippen molar-refractivity contribution in [3.05, 3.63) is 23.8 Å². The Hall–Kier alpha value is -1.11. The molecule has 0 unspecified atom stereocenters. The van der Waals surface area contributed by atoms with Gasteiger partial charge in [0.15, 0.2) is 0 Å². The lowest BCUT2D eigenvalue weighted by Crippen LogP contribution is -2.32. The van der Waals surface area contributed by atoms with Crippen molar-refractivity contribution < 1.29 is 13.2 Å². The van der Waals surface area contributed by atoms with Gasteiger partial charge in [0.05, 0.1) is 11.5 Å². The van der Waals surface area contributed by atoms with E-state index in [9.17, 15) is 8.42 Å². The Morgan fingerprint density at radius 2 is 1.95 bits per heavy atom. The van der Waals surface area contributed by atoms with E-state index < -0.39 is 10.0 Å². The molecule has 1 rings (SSSR count). The summed E-state index contributed by atoms with van der Waals surface area (Å²) in [6.45, 7) is 7.56. The van der Waals surface area contributed by atoms with Crippen molar-refractivity contribution >= 4 is 10.0 Å². The summed E-state index contributed by atoms with van der Waals surface area (Å²) in [6, 6.07) is 4.90. The maximum Gasteiger partial charge on any atom is 0.243 e. The molecule has 21 heavy (non-hydrogen) atoms. The van der Waals surface area contributed by atoms with E-state index in [1.807, 2.05) is 20.8 Å². The zero-order valence-corrected chi connectivity index (χ0v) is 13.9. The molecule has 1 aromatic rings. The molecule has 0 aliphatic heterocycles. The van der Waals surface area contributed by atoms with Crippen LogP contribution in [0.4, 0.5) is 0 Å². The fourth-order valence-electron chi connectivity index (χ4n) is 2.10. The van der Waals surface area contributed by atoms with Crippen LogP contribution in [0.2, 0.25) is 0 Å². The first-order valence-corrected chi connectivity index (χ1v) is 8.91. The molecule has 0 radical (unpaired) electrons. The number of nitrogens with two attached hydrogens (primary N) is 1. The van der Waals surface area contributed by atoms with Crippen LogP contribution in [0.15, 0.2) is 23.1 Å². The number of ether oxygens (including phenoxy) is 1. The molecular formula is C15H26N2O3S. The number of hydrogen-bond donors (Lipinski definition) is 1. The third-order valence-electron chi connectivity index (χ3n) is 3.30. The Morgan fingerprint density at radius 3 is 2.48 bits per heavy atom. The highest BCUT2D eigenvalue weighted by Crippen LogP contribution is 2.24. The summed E-state index contributed by atoms with van der Waals surface area (Å²) in [4.78, 5) is 0.282. The molecule has 0 spiro atoms. The number of nitrogens with zero attached hydrogens (tertiary/aromatic N) is 1. The van der Waals surface area contributed by atoms with Crippen LogP contribution in [-0.4, -0.2) is 32.4 Å². The predicted molar refractivity (Wildman–Crippen MR) is 84.8 cm³/mol. The fourth-order valence-corrected chi connectivity index (χ4v) is 3.64. The van der Waals surface area contributed by atoms with E-state index in [1.165, 1.54) is 4.31 Å². The van der Waals surface area contributed by atoms with E-state index in [0.717, 1.165) is 12.8 Å². The zero-order chi connectivity index (χ0) is 15.9. The van der Waals surface area contributed by atoms with E-state index in [-0.39, 0.29) is 11.4 Å². The minimum atomic E-state index is -3.47. The van der Waals surface area contributed by atoms with Crippen molar-refractivity contribution in [1.29, 1.82) is 0 Å². The third kappa shape index (κ3) is 4.43. The quantitative estimate of drug-likeness (QED) is 0.759. The van der Waals surface area contributed by atoms with Gasteiger partial charge >= 0.3 is 0 Å². The number of sulfonamides is 1. The highest BCUT2D eigenvalue weighted by atomic mass is 32.2. The molecule has 0 aromatic heterocycles. The van der Waals surface area contributed by atoms with Crippen LogP contribution in [0.3, 0.4) is 0 Å². The van der Waals surface area contributed by atoms with Gasteiger partial charge in [-0.15, -0.1) is 0 Å². The maximum absolute atomic E-state index is 12.7. The molecule has 1 aromatic carbocycles. The van der Waals surface area contributed by atoms with E-state index in [1.54, 1.807) is 18.2 Å². The Labute approximate surface area is 128 Å². The second-order valence-electron chi connectivity index (χ2n) is 4.76. The van der Waals surface area contributed by atoms with Crippen molar-refractivity contribution in [3.8, 4) is 5.75 Å². The van der Waals surface area contributed by atoms with Crippen LogP contribution in [0, 0.1) is 0 Å². The summed E-state index contributed by atoms with van der Waals surface area (Å²) in [6.07, 6.45) is 1.82. The van der Waals surface area contributed by atoms with Crippen LogP contribution in [0.1, 0.15) is 39.2 Å². The number of rotatable bonds is 9. The third-order valence-corrected chi connectivity index (χ3v) is 5.27. The van der Waals surface area contributed by atoms with Gasteiger partial charge in [-0.1, -0.05) is 20.3 Å². The smallest absolute Gasteiger partial charge is 0.243 e. The van der Waals surface area contributed by atoms with E-state index >= 15 is 0 Å². The van der Waals surface area contributed by atoms with Gasteiger partial charge in [0.25, 0.3) is 0 Å². The summed E-state index contributed by atoms with van der Waals surface area (Å²) in [7, 11) is -3.47. The average molecular weight is 314 g/mol. The molecule has 6 heteroatoms. The SMILES string of the molecule is CCCCN(CC)S(=O)(=O)c1ccc(OCC)c(CN)c1. The summed E-state index contributed by atoms with van der Waals surface area (Å²) in [5, 5.41) is 0. The lowest BCUT2D eigenvalue weighted by atomic mass is 10.2. The van der Waals surface area contributed by atoms with Gasteiger partial charge in [0.2, 0.25) is 10.0 Å². The molecule has 0 atom stereocenters. The van der Waals surface area contributed by atoms with Crippen LogP contribution in [0.5, 0.6) is 5.75 Å². The zero-order valence-electron chi connectivity index (χ0n) is 13.1. The second kappa shape index (κ2) is 8.36. The molecule has 0 heterocycles. The highest BCUT2D eigenvalue weighted by molar-refractivity contribution is 7.89. The molecule has 5 nitrogen and oxygen atoms in total. The Bertz CT molecular complexity index is 544. The standard InChI is InChI=1S/C15H26N2O3S/c1-4-7-10-17(5-2)21(18,19)14-8-9-15(20-6-3)13(11-14)12-16/h8-9,11H,4-7,10,12,16H2,1-3H3. The molecule has 0 saturated heterocycles. The van der Waals surface area contributed by atoms with E-state index in [4.69, 9.17) is 10.5 Å². The van der Waals surface area contributed by atoms with E-state index in [0.29, 0.717) is 31.0 Å². The fraction of sp³-hybridized carbons (Fsp3) is 0.600. The summed E-state index contributed by atoms with van der Waals surface area (Å²) >= 11 is 0. The molecule has 0 saturated carbocycles. The van der Waals surface area contributed by atoms with Crippen molar-refractivity contribution in [2.45, 2.75) is 45.1 Å². The first kappa shape index (κ1) is 17.9. The Morgan fingerprint density at radius 1 is 1.24 bits per heavy atom. The second-order valence-corrected chi connectivity index (χ2v) is 6.69. The molecule has 2 N–H and O–H groups in total. The number of benzene rings is 1. The Balaban J connectivity index is 3.12. The van der Waals surface area contributed by atoms with Gasteiger partial charge in [-0.25, -0.2) is 8.42 Å². The summed E-state index contributed by atoms with van der Waals surface area (Å²) < 4.78 is 32.3. The molecule has 0 bridgehead atoms. The average Bonchev–Trinajstić information content (AvgIpc) is 2.48. The van der Waals surface area contributed by atoms with Gasteiger partial charge in [-0.3, -0.25) is 0 Å².